The summed E-state index contributed by atoms with van der Waals surface area (Å²) in [5, 5.41) is 14.9. The van der Waals surface area contributed by atoms with Crippen molar-refractivity contribution in [3.8, 4) is 0 Å². The Bertz CT molecular complexity index is 990. The molecular formula is C20H26N6O2. The summed E-state index contributed by atoms with van der Waals surface area (Å²) < 4.78 is 0. The predicted octanol–water partition coefficient (Wildman–Crippen LogP) is 2.39. The highest BCUT2D eigenvalue weighted by Gasteiger charge is 2.19. The Balaban J connectivity index is 1.62. The van der Waals surface area contributed by atoms with E-state index in [9.17, 15) is 9.59 Å². The summed E-state index contributed by atoms with van der Waals surface area (Å²) in [6.45, 7) is 4.85. The molecule has 3 rings (SSSR count). The number of nitrogens with zero attached hydrogens (tertiary/aromatic N) is 4. The number of H-pyrrole nitrogens is 2. The van der Waals surface area contributed by atoms with Gasteiger partial charge in [0.25, 0.3) is 11.8 Å². The summed E-state index contributed by atoms with van der Waals surface area (Å²) in [6.07, 6.45) is 3.29. The SMILES string of the molecule is CCCc1[nH]ncc1C(=O)N(C)CCN(C)C(=O)c1ccc2n[nH]c(C)c2c1. The minimum absolute atomic E-state index is 0.0849. The van der Waals surface area contributed by atoms with Crippen LogP contribution in [0.3, 0.4) is 0 Å². The van der Waals surface area contributed by atoms with Crippen LogP contribution in [0.25, 0.3) is 10.9 Å². The van der Waals surface area contributed by atoms with Crippen LogP contribution in [0.5, 0.6) is 0 Å². The number of fused-ring (bicyclic) bond motifs is 1. The zero-order valence-electron chi connectivity index (χ0n) is 16.7. The first-order valence-electron chi connectivity index (χ1n) is 9.40. The van der Waals surface area contributed by atoms with Crippen molar-refractivity contribution in [2.75, 3.05) is 27.2 Å². The number of benzene rings is 1. The number of carbonyl (C=O) groups excluding carboxylic acids is 2. The predicted molar refractivity (Wildman–Crippen MR) is 107 cm³/mol. The van der Waals surface area contributed by atoms with Crippen molar-refractivity contribution in [3.05, 3.63) is 46.9 Å². The zero-order valence-corrected chi connectivity index (χ0v) is 16.7. The van der Waals surface area contributed by atoms with Gasteiger partial charge in [-0.3, -0.25) is 19.8 Å². The van der Waals surface area contributed by atoms with Gasteiger partial charge in [0.15, 0.2) is 0 Å². The van der Waals surface area contributed by atoms with E-state index in [0.29, 0.717) is 24.2 Å². The summed E-state index contributed by atoms with van der Waals surface area (Å²) in [7, 11) is 3.48. The molecule has 0 aliphatic carbocycles. The molecule has 2 amide bonds. The largest absolute Gasteiger partial charge is 0.340 e. The van der Waals surface area contributed by atoms with Gasteiger partial charge in [-0.2, -0.15) is 10.2 Å². The van der Waals surface area contributed by atoms with Crippen LogP contribution in [0.1, 0.15) is 45.4 Å². The van der Waals surface area contributed by atoms with E-state index in [0.717, 1.165) is 35.1 Å². The molecule has 0 aliphatic rings. The Morgan fingerprint density at radius 1 is 1.07 bits per heavy atom. The summed E-state index contributed by atoms with van der Waals surface area (Å²) >= 11 is 0. The first-order chi connectivity index (χ1) is 13.4. The fourth-order valence-corrected chi connectivity index (χ4v) is 3.14. The highest BCUT2D eigenvalue weighted by atomic mass is 16.2. The van der Waals surface area contributed by atoms with Gasteiger partial charge in [-0.05, 0) is 31.5 Å². The molecule has 0 bridgehead atoms. The second kappa shape index (κ2) is 8.24. The van der Waals surface area contributed by atoms with Crippen LogP contribution in [0.4, 0.5) is 0 Å². The number of carbonyl (C=O) groups is 2. The quantitative estimate of drug-likeness (QED) is 0.655. The van der Waals surface area contributed by atoms with Crippen LogP contribution in [-0.4, -0.2) is 69.2 Å². The minimum Gasteiger partial charge on any atom is -0.340 e. The molecule has 2 N–H and O–H groups in total. The Kier molecular flexibility index (Phi) is 5.77. The maximum atomic E-state index is 12.7. The van der Waals surface area contributed by atoms with E-state index in [1.54, 1.807) is 36.2 Å². The lowest BCUT2D eigenvalue weighted by molar-refractivity contribution is 0.0718. The fourth-order valence-electron chi connectivity index (χ4n) is 3.14. The average molecular weight is 382 g/mol. The number of aromatic amines is 2. The van der Waals surface area contributed by atoms with E-state index in [-0.39, 0.29) is 11.8 Å². The molecule has 0 atom stereocenters. The van der Waals surface area contributed by atoms with Crippen molar-refractivity contribution < 1.29 is 9.59 Å². The molecular weight excluding hydrogens is 356 g/mol. The second-order valence-electron chi connectivity index (χ2n) is 7.05. The molecule has 2 aromatic heterocycles. The molecule has 8 heteroatoms. The zero-order chi connectivity index (χ0) is 20.3. The number of rotatable bonds is 7. The molecule has 0 aliphatic heterocycles. The highest BCUT2D eigenvalue weighted by Crippen LogP contribution is 2.18. The normalized spacial score (nSPS) is 11.0. The van der Waals surface area contributed by atoms with Crippen molar-refractivity contribution in [1.82, 2.24) is 30.2 Å². The van der Waals surface area contributed by atoms with Gasteiger partial charge < -0.3 is 9.80 Å². The molecule has 0 radical (unpaired) electrons. The number of hydrogen-bond donors (Lipinski definition) is 2. The summed E-state index contributed by atoms with van der Waals surface area (Å²) in [5.41, 5.74) is 3.82. The van der Waals surface area contributed by atoms with Gasteiger partial charge in [0.05, 0.1) is 17.3 Å². The van der Waals surface area contributed by atoms with Gasteiger partial charge in [-0.1, -0.05) is 13.3 Å². The van der Waals surface area contributed by atoms with Gasteiger partial charge in [0, 0.05) is 49.5 Å². The Morgan fingerprint density at radius 2 is 1.79 bits per heavy atom. The minimum atomic E-state index is -0.0894. The molecule has 3 aromatic rings. The molecule has 2 heterocycles. The maximum Gasteiger partial charge on any atom is 0.257 e. The Hall–Kier alpha value is -3.16. The molecule has 0 unspecified atom stereocenters. The monoisotopic (exact) mass is 382 g/mol. The van der Waals surface area contributed by atoms with E-state index in [4.69, 9.17) is 0 Å². The molecule has 0 spiro atoms. The number of aryl methyl sites for hydroxylation is 2. The summed E-state index contributed by atoms with van der Waals surface area (Å²) in [5.74, 6) is -0.174. The van der Waals surface area contributed by atoms with Crippen molar-refractivity contribution in [2.45, 2.75) is 26.7 Å². The average Bonchev–Trinajstić information content (AvgIpc) is 3.31. The standard InChI is InChI=1S/C20H26N6O2/c1-5-6-17-16(12-21-23-17)20(28)26(4)10-9-25(3)19(27)14-7-8-18-15(11-14)13(2)22-24-18/h7-8,11-12H,5-6,9-10H2,1-4H3,(H,21,23)(H,22,24). The van der Waals surface area contributed by atoms with Crippen molar-refractivity contribution in [1.29, 1.82) is 0 Å². The second-order valence-corrected chi connectivity index (χ2v) is 7.05. The van der Waals surface area contributed by atoms with Crippen LogP contribution in [-0.2, 0) is 6.42 Å². The molecule has 8 nitrogen and oxygen atoms in total. The Labute approximate surface area is 163 Å². The van der Waals surface area contributed by atoms with Crippen LogP contribution in [0, 0.1) is 6.92 Å². The van der Waals surface area contributed by atoms with Gasteiger partial charge in [-0.25, -0.2) is 0 Å². The number of likely N-dealkylation sites (N-methyl/N-ethyl adjacent to an activating group) is 2. The van der Waals surface area contributed by atoms with Gasteiger partial charge >= 0.3 is 0 Å². The lowest BCUT2D eigenvalue weighted by Gasteiger charge is -2.22. The van der Waals surface area contributed by atoms with Crippen molar-refractivity contribution in [2.24, 2.45) is 0 Å². The summed E-state index contributed by atoms with van der Waals surface area (Å²) in [4.78, 5) is 28.7. The van der Waals surface area contributed by atoms with Crippen molar-refractivity contribution >= 4 is 22.7 Å². The number of aromatic nitrogens is 4. The maximum absolute atomic E-state index is 12.7. The topological polar surface area (TPSA) is 98.0 Å². The highest BCUT2D eigenvalue weighted by molar-refractivity contribution is 5.98. The van der Waals surface area contributed by atoms with Gasteiger partial charge in [0.1, 0.15) is 0 Å². The fraction of sp³-hybridized carbons (Fsp3) is 0.400. The number of hydrogen-bond acceptors (Lipinski definition) is 4. The first-order valence-corrected chi connectivity index (χ1v) is 9.40. The van der Waals surface area contributed by atoms with Crippen LogP contribution < -0.4 is 0 Å². The third kappa shape index (κ3) is 3.90. The lowest BCUT2D eigenvalue weighted by atomic mass is 10.1. The molecule has 148 valence electrons. The number of nitrogens with one attached hydrogen (secondary N) is 2. The third-order valence-corrected chi connectivity index (χ3v) is 4.90. The molecule has 1 aromatic carbocycles. The van der Waals surface area contributed by atoms with Gasteiger partial charge in [0.2, 0.25) is 0 Å². The van der Waals surface area contributed by atoms with Crippen molar-refractivity contribution in [3.63, 3.8) is 0 Å². The first kappa shape index (κ1) is 19.6. The molecule has 0 saturated carbocycles. The van der Waals surface area contributed by atoms with Crippen LogP contribution >= 0.6 is 0 Å². The van der Waals surface area contributed by atoms with Gasteiger partial charge in [-0.15, -0.1) is 0 Å². The smallest absolute Gasteiger partial charge is 0.257 e. The Morgan fingerprint density at radius 3 is 2.50 bits per heavy atom. The van der Waals surface area contributed by atoms with E-state index >= 15 is 0 Å². The third-order valence-electron chi connectivity index (χ3n) is 4.90. The van der Waals surface area contributed by atoms with E-state index in [2.05, 4.69) is 27.3 Å². The van der Waals surface area contributed by atoms with E-state index in [1.807, 2.05) is 19.1 Å². The van der Waals surface area contributed by atoms with Crippen LogP contribution in [0.2, 0.25) is 0 Å². The molecule has 0 saturated heterocycles. The lowest BCUT2D eigenvalue weighted by Crippen LogP contribution is -2.37. The van der Waals surface area contributed by atoms with E-state index < -0.39 is 0 Å². The number of amides is 2. The molecule has 0 fully saturated rings. The van der Waals surface area contributed by atoms with E-state index in [1.165, 1.54) is 0 Å². The van der Waals surface area contributed by atoms with Crippen LogP contribution in [0.15, 0.2) is 24.4 Å². The summed E-state index contributed by atoms with van der Waals surface area (Å²) in [6, 6.07) is 5.47. The molecule has 28 heavy (non-hydrogen) atoms.